The summed E-state index contributed by atoms with van der Waals surface area (Å²) in [6.07, 6.45) is 9.94. The summed E-state index contributed by atoms with van der Waals surface area (Å²) in [6.45, 7) is 3.78. The summed E-state index contributed by atoms with van der Waals surface area (Å²) >= 11 is 0. The van der Waals surface area contributed by atoms with Gasteiger partial charge < -0.3 is 4.74 Å². The van der Waals surface area contributed by atoms with Crippen LogP contribution < -0.4 is 0 Å². The van der Waals surface area contributed by atoms with E-state index in [0.717, 1.165) is 32.5 Å². The van der Waals surface area contributed by atoms with Crippen LogP contribution in [0.5, 0.6) is 0 Å². The molecule has 0 aromatic rings. The molecule has 1 nitrogen and oxygen atoms in total. The number of unbranched alkanes of at least 4 members (excludes halogenated alkanes) is 2. The lowest BCUT2D eigenvalue weighted by atomic mass is 10.2. The Labute approximate surface area is 63.8 Å². The number of terminal acetylenes is 1. The van der Waals surface area contributed by atoms with Crippen molar-refractivity contribution in [3.8, 4) is 12.3 Å². The fourth-order valence-corrected chi connectivity index (χ4v) is 0.598. The van der Waals surface area contributed by atoms with E-state index in [4.69, 9.17) is 11.2 Å². The van der Waals surface area contributed by atoms with Gasteiger partial charge in [-0.15, -0.1) is 12.3 Å². The van der Waals surface area contributed by atoms with E-state index in [1.165, 1.54) is 0 Å². The number of hydrogen-bond acceptors (Lipinski definition) is 1. The van der Waals surface area contributed by atoms with Crippen molar-refractivity contribution in [1.29, 1.82) is 0 Å². The molecule has 0 aromatic carbocycles. The second-order valence-electron chi connectivity index (χ2n) is 2.10. The van der Waals surface area contributed by atoms with E-state index in [1.54, 1.807) is 0 Å². The zero-order valence-electron chi connectivity index (χ0n) is 6.60. The van der Waals surface area contributed by atoms with Crippen molar-refractivity contribution in [1.82, 2.24) is 0 Å². The maximum Gasteiger partial charge on any atom is 0.0469 e. The molecule has 0 saturated carbocycles. The average Bonchev–Trinajstić information content (AvgIpc) is 1.97. The maximum atomic E-state index is 5.23. The molecule has 0 bridgehead atoms. The van der Waals surface area contributed by atoms with Gasteiger partial charge in [0.25, 0.3) is 0 Å². The van der Waals surface area contributed by atoms with Gasteiger partial charge in [0, 0.05) is 19.6 Å². The topological polar surface area (TPSA) is 9.23 Å². The molecule has 0 aliphatic rings. The highest BCUT2D eigenvalue weighted by Crippen LogP contribution is 1.92. The first-order valence-electron chi connectivity index (χ1n) is 3.74. The third-order valence-corrected chi connectivity index (χ3v) is 1.08. The van der Waals surface area contributed by atoms with E-state index in [1.807, 2.05) is 0 Å². The highest BCUT2D eigenvalue weighted by molar-refractivity contribution is 4.90. The Morgan fingerprint density at radius 2 is 2.30 bits per heavy atom. The van der Waals surface area contributed by atoms with Crippen LogP contribution in [0.25, 0.3) is 0 Å². The molecule has 0 aliphatic carbocycles. The Bertz CT molecular complexity index is 91.4. The molecule has 0 N–H and O–H groups in total. The third-order valence-electron chi connectivity index (χ3n) is 1.08. The van der Waals surface area contributed by atoms with Crippen molar-refractivity contribution in [2.75, 3.05) is 13.2 Å². The molecule has 57 valence electrons. The van der Waals surface area contributed by atoms with Crippen LogP contribution >= 0.6 is 0 Å². The molecule has 0 heterocycles. The van der Waals surface area contributed by atoms with Gasteiger partial charge in [-0.05, 0) is 19.3 Å². The summed E-state index contributed by atoms with van der Waals surface area (Å²) in [5.74, 6) is 2.55. The standard InChI is InChI=1S/C9H15O/c1-3-5-6-7-9-10-8-4-2/h1,6H,4-5,7-9H2,2H3. The zero-order valence-corrected chi connectivity index (χ0v) is 6.60. The van der Waals surface area contributed by atoms with Gasteiger partial charge in [0.2, 0.25) is 0 Å². The van der Waals surface area contributed by atoms with Crippen molar-refractivity contribution < 1.29 is 4.74 Å². The lowest BCUT2D eigenvalue weighted by Crippen LogP contribution is -1.95. The Kier molecular flexibility index (Phi) is 8.11. The lowest BCUT2D eigenvalue weighted by molar-refractivity contribution is 0.137. The summed E-state index contributed by atoms with van der Waals surface area (Å²) in [5, 5.41) is 0. The van der Waals surface area contributed by atoms with E-state index in [2.05, 4.69) is 19.3 Å². The van der Waals surface area contributed by atoms with Gasteiger partial charge in [-0.3, -0.25) is 0 Å². The van der Waals surface area contributed by atoms with E-state index in [-0.39, 0.29) is 0 Å². The second kappa shape index (κ2) is 8.52. The molecule has 1 heteroatoms. The quantitative estimate of drug-likeness (QED) is 0.404. The normalized spacial score (nSPS) is 9.20. The van der Waals surface area contributed by atoms with Gasteiger partial charge in [-0.1, -0.05) is 6.92 Å². The summed E-state index contributed by atoms with van der Waals surface area (Å²) in [4.78, 5) is 0. The molecule has 0 rings (SSSR count). The molecular weight excluding hydrogens is 124 g/mol. The molecule has 0 fully saturated rings. The molecule has 0 aliphatic heterocycles. The van der Waals surface area contributed by atoms with Crippen molar-refractivity contribution in [2.24, 2.45) is 0 Å². The maximum absolute atomic E-state index is 5.23. The van der Waals surface area contributed by atoms with Gasteiger partial charge in [0.1, 0.15) is 0 Å². The molecule has 0 aromatic heterocycles. The lowest BCUT2D eigenvalue weighted by Gasteiger charge is -1.98. The van der Waals surface area contributed by atoms with E-state index < -0.39 is 0 Å². The molecule has 0 spiro atoms. The summed E-state index contributed by atoms with van der Waals surface area (Å²) in [6, 6.07) is 0. The fourth-order valence-electron chi connectivity index (χ4n) is 0.598. The largest absolute Gasteiger partial charge is 0.381 e. The smallest absolute Gasteiger partial charge is 0.0469 e. The Balaban J connectivity index is 2.72. The number of ether oxygens (including phenoxy) is 1. The Morgan fingerprint density at radius 1 is 1.50 bits per heavy atom. The van der Waals surface area contributed by atoms with E-state index in [9.17, 15) is 0 Å². The van der Waals surface area contributed by atoms with Gasteiger partial charge in [0.05, 0.1) is 0 Å². The summed E-state index contributed by atoms with van der Waals surface area (Å²) in [7, 11) is 0. The predicted octanol–water partition coefficient (Wildman–Crippen LogP) is 2.03. The highest BCUT2D eigenvalue weighted by Gasteiger charge is 1.86. The third kappa shape index (κ3) is 7.52. The Hall–Kier alpha value is -0.480. The van der Waals surface area contributed by atoms with Crippen molar-refractivity contribution >= 4 is 0 Å². The first-order chi connectivity index (χ1) is 4.91. The van der Waals surface area contributed by atoms with Crippen LogP contribution in [0.2, 0.25) is 0 Å². The van der Waals surface area contributed by atoms with Crippen LogP contribution in [0.1, 0.15) is 26.2 Å². The van der Waals surface area contributed by atoms with Gasteiger partial charge in [-0.2, -0.15) is 0 Å². The van der Waals surface area contributed by atoms with Crippen LogP contribution in [-0.2, 0) is 4.74 Å². The first kappa shape index (κ1) is 9.52. The van der Waals surface area contributed by atoms with Crippen LogP contribution in [0.4, 0.5) is 0 Å². The molecule has 10 heavy (non-hydrogen) atoms. The molecule has 1 radical (unpaired) electrons. The van der Waals surface area contributed by atoms with Crippen molar-refractivity contribution in [3.05, 3.63) is 6.42 Å². The predicted molar refractivity (Wildman–Crippen MR) is 43.5 cm³/mol. The van der Waals surface area contributed by atoms with Crippen molar-refractivity contribution in [3.63, 3.8) is 0 Å². The minimum atomic E-state index is 0.759. The van der Waals surface area contributed by atoms with Gasteiger partial charge in [0.15, 0.2) is 0 Å². The van der Waals surface area contributed by atoms with Crippen LogP contribution in [0.15, 0.2) is 0 Å². The summed E-state index contributed by atoms with van der Waals surface area (Å²) < 4.78 is 5.23. The second-order valence-corrected chi connectivity index (χ2v) is 2.10. The molecule has 0 atom stereocenters. The fraction of sp³-hybridized carbons (Fsp3) is 0.667. The van der Waals surface area contributed by atoms with Gasteiger partial charge in [-0.25, -0.2) is 0 Å². The van der Waals surface area contributed by atoms with Crippen LogP contribution in [-0.4, -0.2) is 13.2 Å². The first-order valence-corrected chi connectivity index (χ1v) is 3.74. The molecule has 0 amide bonds. The van der Waals surface area contributed by atoms with Crippen LogP contribution in [0, 0.1) is 18.8 Å². The minimum Gasteiger partial charge on any atom is -0.381 e. The highest BCUT2D eigenvalue weighted by atomic mass is 16.5. The SMILES string of the molecule is C#CC[CH]CCOCCC. The number of hydrogen-bond donors (Lipinski definition) is 0. The molecular formula is C9H15O. The van der Waals surface area contributed by atoms with Gasteiger partial charge >= 0.3 is 0 Å². The van der Waals surface area contributed by atoms with E-state index >= 15 is 0 Å². The van der Waals surface area contributed by atoms with Crippen LogP contribution in [0.3, 0.4) is 0 Å². The average molecular weight is 139 g/mol. The minimum absolute atomic E-state index is 0.759. The monoisotopic (exact) mass is 139 g/mol. The van der Waals surface area contributed by atoms with Crippen molar-refractivity contribution in [2.45, 2.75) is 26.2 Å². The van der Waals surface area contributed by atoms with E-state index in [0.29, 0.717) is 0 Å². The zero-order chi connectivity index (χ0) is 7.66. The molecule has 0 saturated heterocycles. The summed E-state index contributed by atoms with van der Waals surface area (Å²) in [5.41, 5.74) is 0. The Morgan fingerprint density at radius 3 is 2.90 bits per heavy atom. The molecule has 0 unspecified atom stereocenters. The number of rotatable bonds is 6.